The summed E-state index contributed by atoms with van der Waals surface area (Å²) in [6.45, 7) is 0.658. The Hall–Kier alpha value is -1.90. The van der Waals surface area contributed by atoms with Gasteiger partial charge in [0.15, 0.2) is 0 Å². The van der Waals surface area contributed by atoms with Crippen LogP contribution in [0.15, 0.2) is 18.3 Å². The summed E-state index contributed by atoms with van der Waals surface area (Å²) in [6.07, 6.45) is 2.99. The Kier molecular flexibility index (Phi) is 5.04. The van der Waals surface area contributed by atoms with Crippen molar-refractivity contribution in [3.8, 4) is 12.3 Å². The molecule has 0 bridgehead atoms. The second kappa shape index (κ2) is 6.32. The van der Waals surface area contributed by atoms with E-state index in [1.165, 1.54) is 18.3 Å². The lowest BCUT2D eigenvalue weighted by Gasteiger charge is -2.16. The first-order chi connectivity index (χ1) is 8.87. The number of amides is 1. The summed E-state index contributed by atoms with van der Waals surface area (Å²) < 4.78 is 37.9. The van der Waals surface area contributed by atoms with Crippen LogP contribution in [0.4, 0.5) is 13.2 Å². The zero-order valence-corrected chi connectivity index (χ0v) is 10.5. The maximum Gasteiger partial charge on any atom is 0.406 e. The molecule has 1 aromatic rings. The van der Waals surface area contributed by atoms with Crippen LogP contribution in [0.3, 0.4) is 0 Å². The summed E-state index contributed by atoms with van der Waals surface area (Å²) in [5.41, 5.74) is -0.0206. The van der Waals surface area contributed by atoms with E-state index in [1.807, 2.05) is 6.92 Å². The molecule has 0 aliphatic rings. The van der Waals surface area contributed by atoms with Gasteiger partial charge in [-0.25, -0.2) is 0 Å². The zero-order valence-electron chi connectivity index (χ0n) is 10.5. The van der Waals surface area contributed by atoms with Crippen LogP contribution in [-0.4, -0.2) is 22.7 Å². The molecular weight excluding hydrogens is 257 g/mol. The molecule has 6 heteroatoms. The minimum absolute atomic E-state index is 0.0206. The highest BCUT2D eigenvalue weighted by molar-refractivity contribution is 5.92. The van der Waals surface area contributed by atoms with E-state index in [4.69, 9.17) is 6.42 Å². The van der Waals surface area contributed by atoms with E-state index < -0.39 is 18.6 Å². The van der Waals surface area contributed by atoms with Crippen molar-refractivity contribution in [1.29, 1.82) is 0 Å². The molecule has 0 aliphatic carbocycles. The first-order valence-corrected chi connectivity index (χ1v) is 5.83. The highest BCUT2D eigenvalue weighted by Crippen LogP contribution is 2.19. The molecule has 1 aromatic heterocycles. The van der Waals surface area contributed by atoms with E-state index in [-0.39, 0.29) is 11.7 Å². The Morgan fingerprint density at radius 3 is 2.79 bits per heavy atom. The molecule has 0 aliphatic heterocycles. The van der Waals surface area contributed by atoms with Crippen molar-refractivity contribution in [3.05, 3.63) is 24.0 Å². The average Bonchev–Trinajstić information content (AvgIpc) is 2.74. The summed E-state index contributed by atoms with van der Waals surface area (Å²) >= 11 is 0. The van der Waals surface area contributed by atoms with Gasteiger partial charge in [0.05, 0.1) is 0 Å². The molecule has 1 rings (SSSR count). The number of aromatic nitrogens is 1. The number of hydrogen-bond donors (Lipinski definition) is 1. The van der Waals surface area contributed by atoms with Crippen molar-refractivity contribution < 1.29 is 18.0 Å². The molecule has 1 unspecified atom stereocenters. The third-order valence-electron chi connectivity index (χ3n) is 2.60. The van der Waals surface area contributed by atoms with Crippen molar-refractivity contribution in [2.75, 3.05) is 0 Å². The Labute approximate surface area is 109 Å². The van der Waals surface area contributed by atoms with Crippen molar-refractivity contribution in [1.82, 2.24) is 9.88 Å². The van der Waals surface area contributed by atoms with Gasteiger partial charge in [0, 0.05) is 18.7 Å². The molecule has 0 fully saturated rings. The van der Waals surface area contributed by atoms with Crippen molar-refractivity contribution >= 4 is 5.91 Å². The third-order valence-corrected chi connectivity index (χ3v) is 2.60. The molecule has 19 heavy (non-hydrogen) atoms. The second-order valence-corrected chi connectivity index (χ2v) is 4.12. The Morgan fingerprint density at radius 1 is 1.58 bits per heavy atom. The van der Waals surface area contributed by atoms with E-state index in [1.54, 1.807) is 0 Å². The molecule has 1 atom stereocenters. The van der Waals surface area contributed by atoms with Crippen LogP contribution in [0.1, 0.15) is 30.3 Å². The molecule has 104 valence electrons. The largest absolute Gasteiger partial charge is 0.406 e. The first-order valence-electron chi connectivity index (χ1n) is 5.83. The fourth-order valence-electron chi connectivity index (χ4n) is 1.65. The van der Waals surface area contributed by atoms with E-state index in [0.717, 1.165) is 4.57 Å². The van der Waals surface area contributed by atoms with E-state index in [2.05, 4.69) is 11.2 Å². The van der Waals surface area contributed by atoms with Crippen LogP contribution in [0.25, 0.3) is 0 Å². The van der Waals surface area contributed by atoms with Gasteiger partial charge in [0.25, 0.3) is 5.91 Å². The van der Waals surface area contributed by atoms with Crippen LogP contribution in [0, 0.1) is 12.3 Å². The topological polar surface area (TPSA) is 34.0 Å². The van der Waals surface area contributed by atoms with Gasteiger partial charge < -0.3 is 9.88 Å². The fourth-order valence-corrected chi connectivity index (χ4v) is 1.65. The van der Waals surface area contributed by atoms with Crippen LogP contribution in [-0.2, 0) is 6.54 Å². The normalized spacial score (nSPS) is 12.8. The van der Waals surface area contributed by atoms with Gasteiger partial charge in [-0.3, -0.25) is 4.79 Å². The van der Waals surface area contributed by atoms with E-state index >= 15 is 0 Å². The number of carbonyl (C=O) groups excluding carboxylic acids is 1. The Bertz CT molecular complexity index is 471. The molecule has 0 radical (unpaired) electrons. The van der Waals surface area contributed by atoms with Crippen LogP contribution in [0.5, 0.6) is 0 Å². The minimum atomic E-state index is -4.36. The summed E-state index contributed by atoms with van der Waals surface area (Å²) in [7, 11) is 0. The monoisotopic (exact) mass is 272 g/mol. The molecule has 0 saturated heterocycles. The number of alkyl halides is 3. The van der Waals surface area contributed by atoms with Crippen molar-refractivity contribution in [2.45, 2.75) is 38.5 Å². The van der Waals surface area contributed by atoms with Crippen LogP contribution in [0.2, 0.25) is 0 Å². The average molecular weight is 272 g/mol. The Balaban J connectivity index is 2.78. The minimum Gasteiger partial charge on any atom is -0.347 e. The standard InChI is InChI=1S/C13H15F3N2O/c1-3-6-10(4-2)17-12(19)11-7-5-8-18(11)9-13(14,15)16/h1,5,7-8,10H,4,6,9H2,2H3,(H,17,19). The molecule has 0 saturated carbocycles. The van der Waals surface area contributed by atoms with Gasteiger partial charge in [0.1, 0.15) is 12.2 Å². The smallest absolute Gasteiger partial charge is 0.347 e. The lowest BCUT2D eigenvalue weighted by atomic mass is 10.1. The molecule has 1 heterocycles. The lowest BCUT2D eigenvalue weighted by molar-refractivity contribution is -0.140. The van der Waals surface area contributed by atoms with Gasteiger partial charge in [-0.1, -0.05) is 6.92 Å². The molecular formula is C13H15F3N2O. The summed E-state index contributed by atoms with van der Waals surface area (Å²) in [5, 5.41) is 2.63. The molecule has 0 aromatic carbocycles. The molecule has 0 spiro atoms. The zero-order chi connectivity index (χ0) is 14.5. The number of halogens is 3. The van der Waals surface area contributed by atoms with Crippen molar-refractivity contribution in [3.63, 3.8) is 0 Å². The van der Waals surface area contributed by atoms with E-state index in [9.17, 15) is 18.0 Å². The number of nitrogens with one attached hydrogen (secondary N) is 1. The third kappa shape index (κ3) is 4.70. The molecule has 1 amide bonds. The Morgan fingerprint density at radius 2 is 2.26 bits per heavy atom. The van der Waals surface area contributed by atoms with Crippen molar-refractivity contribution in [2.24, 2.45) is 0 Å². The van der Waals surface area contributed by atoms with E-state index in [0.29, 0.717) is 12.8 Å². The summed E-state index contributed by atoms with van der Waals surface area (Å²) in [5.74, 6) is 1.88. The van der Waals surface area contributed by atoms with Gasteiger partial charge in [-0.05, 0) is 18.6 Å². The van der Waals surface area contributed by atoms with Gasteiger partial charge in [-0.15, -0.1) is 12.3 Å². The SMILES string of the molecule is C#CCC(CC)NC(=O)c1cccn1CC(F)(F)F. The predicted molar refractivity (Wildman–Crippen MR) is 65.5 cm³/mol. The number of rotatable bonds is 5. The number of carbonyl (C=O) groups is 1. The first kappa shape index (κ1) is 15.2. The quantitative estimate of drug-likeness (QED) is 0.821. The maximum absolute atomic E-state index is 12.3. The van der Waals surface area contributed by atoms with Gasteiger partial charge in [0.2, 0.25) is 0 Å². The van der Waals surface area contributed by atoms with Gasteiger partial charge >= 0.3 is 6.18 Å². The molecule has 3 nitrogen and oxygen atoms in total. The number of hydrogen-bond acceptors (Lipinski definition) is 1. The maximum atomic E-state index is 12.3. The summed E-state index contributed by atoms with van der Waals surface area (Å²) in [6, 6.07) is 2.53. The van der Waals surface area contributed by atoms with Crippen LogP contribution >= 0.6 is 0 Å². The highest BCUT2D eigenvalue weighted by Gasteiger charge is 2.29. The molecule has 1 N–H and O–H groups in total. The highest BCUT2D eigenvalue weighted by atomic mass is 19.4. The predicted octanol–water partition coefficient (Wildman–Crippen LogP) is 2.58. The fraction of sp³-hybridized carbons (Fsp3) is 0.462. The number of terminal acetylenes is 1. The second-order valence-electron chi connectivity index (χ2n) is 4.12. The summed E-state index contributed by atoms with van der Waals surface area (Å²) in [4.78, 5) is 11.9. The lowest BCUT2D eigenvalue weighted by Crippen LogP contribution is -2.35. The van der Waals surface area contributed by atoms with Gasteiger partial charge in [-0.2, -0.15) is 13.2 Å². The van der Waals surface area contributed by atoms with Crippen LogP contribution < -0.4 is 5.32 Å². The number of nitrogens with zero attached hydrogens (tertiary/aromatic N) is 1.